The van der Waals surface area contributed by atoms with Gasteiger partial charge in [-0.15, -0.1) is 0 Å². The summed E-state index contributed by atoms with van der Waals surface area (Å²) in [6.07, 6.45) is 6.10. The van der Waals surface area contributed by atoms with Crippen LogP contribution in [0.25, 0.3) is 0 Å². The normalized spacial score (nSPS) is 17.2. The third kappa shape index (κ3) is 5.50. The zero-order chi connectivity index (χ0) is 19.1. The van der Waals surface area contributed by atoms with E-state index in [0.717, 1.165) is 41.8 Å². The second-order valence-electron chi connectivity index (χ2n) is 7.49. The molecular formula is C22H28N2O2S. The van der Waals surface area contributed by atoms with Crippen molar-refractivity contribution in [2.75, 3.05) is 11.9 Å². The van der Waals surface area contributed by atoms with Gasteiger partial charge in [-0.25, -0.2) is 0 Å². The maximum atomic E-state index is 12.6. The van der Waals surface area contributed by atoms with Crippen LogP contribution in [0.4, 0.5) is 5.69 Å². The molecular weight excluding hydrogens is 356 g/mol. The van der Waals surface area contributed by atoms with E-state index in [2.05, 4.69) is 5.32 Å². The zero-order valence-electron chi connectivity index (χ0n) is 15.7. The predicted octanol–water partition coefficient (Wildman–Crippen LogP) is 4.23. The number of hydrogen-bond donors (Lipinski definition) is 2. The lowest BCUT2D eigenvalue weighted by atomic mass is 9.71. The molecule has 0 heterocycles. The number of benzene rings is 2. The first-order valence-electron chi connectivity index (χ1n) is 9.63. The molecule has 4 nitrogen and oxygen atoms in total. The largest absolute Gasteiger partial charge is 0.330 e. The van der Waals surface area contributed by atoms with Crippen LogP contribution < -0.4 is 11.1 Å². The number of hydrogen-bond acceptors (Lipinski definition) is 3. The molecule has 5 heteroatoms. The fourth-order valence-corrected chi connectivity index (χ4v) is 4.96. The van der Waals surface area contributed by atoms with Gasteiger partial charge in [0.2, 0.25) is 5.91 Å². The van der Waals surface area contributed by atoms with E-state index >= 15 is 0 Å². The average molecular weight is 385 g/mol. The van der Waals surface area contributed by atoms with E-state index in [1.807, 2.05) is 54.6 Å². The first-order chi connectivity index (χ1) is 13.1. The molecule has 3 N–H and O–H groups in total. The van der Waals surface area contributed by atoms with E-state index in [0.29, 0.717) is 18.7 Å². The Morgan fingerprint density at radius 2 is 1.78 bits per heavy atom. The van der Waals surface area contributed by atoms with Crippen molar-refractivity contribution in [3.63, 3.8) is 0 Å². The van der Waals surface area contributed by atoms with Crippen molar-refractivity contribution in [3.05, 3.63) is 60.2 Å². The second kappa shape index (κ2) is 9.29. The van der Waals surface area contributed by atoms with Crippen molar-refractivity contribution in [1.29, 1.82) is 0 Å². The van der Waals surface area contributed by atoms with Crippen molar-refractivity contribution >= 4 is 22.4 Å². The molecule has 1 fully saturated rings. The number of nitrogens with one attached hydrogen (secondary N) is 1. The molecule has 0 saturated heterocycles. The van der Waals surface area contributed by atoms with Crippen molar-refractivity contribution in [2.24, 2.45) is 11.1 Å². The van der Waals surface area contributed by atoms with Gasteiger partial charge in [-0.1, -0.05) is 49.6 Å². The lowest BCUT2D eigenvalue weighted by Gasteiger charge is -2.35. The summed E-state index contributed by atoms with van der Waals surface area (Å²) in [5.41, 5.74) is 7.65. The minimum absolute atomic E-state index is 0.0173. The quantitative estimate of drug-likeness (QED) is 0.750. The van der Waals surface area contributed by atoms with Crippen LogP contribution in [0.3, 0.4) is 0 Å². The van der Waals surface area contributed by atoms with Gasteiger partial charge < -0.3 is 11.1 Å². The molecule has 3 rings (SSSR count). The molecule has 1 saturated carbocycles. The highest BCUT2D eigenvalue weighted by atomic mass is 32.2. The smallest absolute Gasteiger partial charge is 0.224 e. The fourth-order valence-electron chi connectivity index (χ4n) is 3.85. The number of carbonyl (C=O) groups is 1. The van der Waals surface area contributed by atoms with Gasteiger partial charge in [0, 0.05) is 17.0 Å². The molecule has 1 aliphatic rings. The Kier molecular flexibility index (Phi) is 6.80. The number of rotatable bonds is 7. The number of anilines is 1. The molecule has 0 aromatic heterocycles. The monoisotopic (exact) mass is 384 g/mol. The number of carbonyl (C=O) groups excluding carboxylic acids is 1. The maximum Gasteiger partial charge on any atom is 0.224 e. The van der Waals surface area contributed by atoms with Gasteiger partial charge in [0.1, 0.15) is 0 Å². The van der Waals surface area contributed by atoms with Gasteiger partial charge in [-0.3, -0.25) is 9.00 Å². The number of nitrogens with two attached hydrogens (primary N) is 1. The summed E-state index contributed by atoms with van der Waals surface area (Å²) in [6, 6.07) is 17.1. The molecule has 1 atom stereocenters. The minimum Gasteiger partial charge on any atom is -0.330 e. The third-order valence-electron chi connectivity index (χ3n) is 5.40. The van der Waals surface area contributed by atoms with Crippen molar-refractivity contribution in [2.45, 2.75) is 49.2 Å². The second-order valence-corrected chi connectivity index (χ2v) is 8.94. The summed E-state index contributed by atoms with van der Waals surface area (Å²) in [5, 5.41) is 3.01. The summed E-state index contributed by atoms with van der Waals surface area (Å²) in [6.45, 7) is 0.566. The van der Waals surface area contributed by atoms with Crippen molar-refractivity contribution < 1.29 is 9.00 Å². The van der Waals surface area contributed by atoms with Gasteiger partial charge in [0.25, 0.3) is 0 Å². The van der Waals surface area contributed by atoms with E-state index in [4.69, 9.17) is 5.73 Å². The molecule has 1 unspecified atom stereocenters. The molecule has 1 aliphatic carbocycles. The van der Waals surface area contributed by atoms with E-state index in [-0.39, 0.29) is 11.3 Å². The molecule has 2 aromatic carbocycles. The van der Waals surface area contributed by atoms with Crippen LogP contribution >= 0.6 is 0 Å². The Bertz CT molecular complexity index is 786. The van der Waals surface area contributed by atoms with Gasteiger partial charge in [-0.05, 0) is 54.6 Å². The summed E-state index contributed by atoms with van der Waals surface area (Å²) < 4.78 is 12.5. The summed E-state index contributed by atoms with van der Waals surface area (Å²) in [7, 11) is -1.10. The van der Waals surface area contributed by atoms with Crippen molar-refractivity contribution in [3.8, 4) is 0 Å². The highest BCUT2D eigenvalue weighted by Gasteiger charge is 2.32. The van der Waals surface area contributed by atoms with Crippen LogP contribution in [0.1, 0.15) is 44.1 Å². The van der Waals surface area contributed by atoms with Crippen LogP contribution in [-0.4, -0.2) is 16.7 Å². The summed E-state index contributed by atoms with van der Waals surface area (Å²) in [4.78, 5) is 13.4. The Balaban J connectivity index is 1.61. The molecule has 0 spiro atoms. The average Bonchev–Trinajstić information content (AvgIpc) is 2.69. The highest BCUT2D eigenvalue weighted by Crippen LogP contribution is 2.38. The topological polar surface area (TPSA) is 72.2 Å². The third-order valence-corrected chi connectivity index (χ3v) is 6.79. The van der Waals surface area contributed by atoms with Crippen molar-refractivity contribution in [1.82, 2.24) is 0 Å². The van der Waals surface area contributed by atoms with Gasteiger partial charge in [0.15, 0.2) is 0 Å². The maximum absolute atomic E-state index is 12.6. The first-order valence-corrected chi connectivity index (χ1v) is 10.9. The molecule has 0 bridgehead atoms. The molecule has 0 radical (unpaired) electrons. The SMILES string of the molecule is NCC1(CC(=O)Nc2cccc(CS(=O)c3ccccc3)c2)CCCCC1. The first kappa shape index (κ1) is 19.8. The molecule has 0 aliphatic heterocycles. The van der Waals surface area contributed by atoms with Crippen LogP contribution in [0, 0.1) is 5.41 Å². The van der Waals surface area contributed by atoms with Gasteiger partial charge >= 0.3 is 0 Å². The molecule has 144 valence electrons. The predicted molar refractivity (Wildman–Crippen MR) is 111 cm³/mol. The summed E-state index contributed by atoms with van der Waals surface area (Å²) >= 11 is 0. The standard InChI is InChI=1S/C22H28N2O2S/c23-17-22(12-5-2-6-13-22)15-21(25)24-19-9-7-8-18(14-19)16-27(26)20-10-3-1-4-11-20/h1,3-4,7-11,14H,2,5-6,12-13,15-17,23H2,(H,24,25). The molecule has 1 amide bonds. The fraction of sp³-hybridized carbons (Fsp3) is 0.409. The van der Waals surface area contributed by atoms with Crippen LogP contribution in [-0.2, 0) is 21.3 Å². The molecule has 2 aromatic rings. The van der Waals surface area contributed by atoms with Crippen LogP contribution in [0.2, 0.25) is 0 Å². The lowest BCUT2D eigenvalue weighted by molar-refractivity contribution is -0.118. The minimum atomic E-state index is -1.10. The van der Waals surface area contributed by atoms with E-state index in [9.17, 15) is 9.00 Å². The Morgan fingerprint density at radius 1 is 1.04 bits per heavy atom. The van der Waals surface area contributed by atoms with Crippen LogP contribution in [0.15, 0.2) is 59.5 Å². The zero-order valence-corrected chi connectivity index (χ0v) is 16.5. The highest BCUT2D eigenvalue weighted by molar-refractivity contribution is 7.84. The lowest BCUT2D eigenvalue weighted by Crippen LogP contribution is -2.36. The van der Waals surface area contributed by atoms with E-state index < -0.39 is 10.8 Å². The molecule has 27 heavy (non-hydrogen) atoms. The number of amides is 1. The van der Waals surface area contributed by atoms with E-state index in [1.54, 1.807) is 0 Å². The van der Waals surface area contributed by atoms with E-state index in [1.165, 1.54) is 6.42 Å². The Labute approximate surface area is 164 Å². The van der Waals surface area contributed by atoms with Crippen LogP contribution in [0.5, 0.6) is 0 Å². The Morgan fingerprint density at radius 3 is 2.48 bits per heavy atom. The Hall–Kier alpha value is -1.98. The summed E-state index contributed by atoms with van der Waals surface area (Å²) in [5.74, 6) is 0.448. The van der Waals surface area contributed by atoms with Gasteiger partial charge in [-0.2, -0.15) is 0 Å². The van der Waals surface area contributed by atoms with Gasteiger partial charge in [0.05, 0.1) is 16.6 Å².